The predicted octanol–water partition coefficient (Wildman–Crippen LogP) is 7.38. The highest BCUT2D eigenvalue weighted by molar-refractivity contribution is 6.03. The van der Waals surface area contributed by atoms with Gasteiger partial charge in [0.25, 0.3) is 0 Å². The molecular formula is C31H28NO+. The molecule has 0 unspecified atom stereocenters. The first-order chi connectivity index (χ1) is 16.1. The monoisotopic (exact) mass is 430 g/mol. The van der Waals surface area contributed by atoms with Crippen molar-refractivity contribution in [3.8, 4) is 33.8 Å². The fourth-order valence-corrected chi connectivity index (χ4v) is 4.67. The number of ether oxygens (including phenoxy) is 1. The molecule has 5 aromatic rings. The van der Waals surface area contributed by atoms with Crippen molar-refractivity contribution >= 4 is 10.8 Å². The molecule has 2 heteroatoms. The van der Waals surface area contributed by atoms with Crippen LogP contribution in [-0.4, -0.2) is 7.11 Å². The number of aromatic nitrogens is 1. The summed E-state index contributed by atoms with van der Waals surface area (Å²) >= 11 is 0. The number of benzene rings is 4. The Kier molecular flexibility index (Phi) is 5.43. The highest BCUT2D eigenvalue weighted by Gasteiger charge is 2.28. The molecule has 5 rings (SSSR count). The lowest BCUT2D eigenvalue weighted by Crippen LogP contribution is -2.38. The first-order valence-electron chi connectivity index (χ1n) is 11.3. The number of hydrogen-bond acceptors (Lipinski definition) is 1. The molecule has 0 saturated carbocycles. The summed E-state index contributed by atoms with van der Waals surface area (Å²) in [5.74, 6) is 0.855. The number of fused-ring (bicyclic) bond motifs is 1. The summed E-state index contributed by atoms with van der Waals surface area (Å²) in [6, 6.07) is 34.5. The summed E-state index contributed by atoms with van der Waals surface area (Å²) in [5.41, 5.74) is 9.80. The quantitative estimate of drug-likeness (QED) is 0.271. The topological polar surface area (TPSA) is 13.1 Å². The smallest absolute Gasteiger partial charge is 0.227 e. The van der Waals surface area contributed by atoms with E-state index in [-0.39, 0.29) is 0 Å². The van der Waals surface area contributed by atoms with Crippen LogP contribution >= 0.6 is 0 Å². The van der Waals surface area contributed by atoms with Crippen LogP contribution in [0.15, 0.2) is 97.1 Å². The first kappa shape index (κ1) is 21.0. The molecule has 0 aliphatic rings. The highest BCUT2D eigenvalue weighted by Crippen LogP contribution is 2.38. The molecule has 0 amide bonds. The molecule has 1 aromatic heterocycles. The van der Waals surface area contributed by atoms with Gasteiger partial charge in [0, 0.05) is 30.0 Å². The van der Waals surface area contributed by atoms with E-state index in [9.17, 15) is 0 Å². The Bertz CT molecular complexity index is 1440. The van der Waals surface area contributed by atoms with Gasteiger partial charge in [-0.2, -0.15) is 4.57 Å². The van der Waals surface area contributed by atoms with E-state index in [0.717, 1.165) is 11.4 Å². The van der Waals surface area contributed by atoms with Gasteiger partial charge < -0.3 is 4.74 Å². The molecule has 0 radical (unpaired) electrons. The average Bonchev–Trinajstić information content (AvgIpc) is 2.86. The maximum atomic E-state index is 5.43. The summed E-state index contributed by atoms with van der Waals surface area (Å²) in [5, 5.41) is 2.55. The van der Waals surface area contributed by atoms with Gasteiger partial charge in [0.15, 0.2) is 5.69 Å². The van der Waals surface area contributed by atoms with Crippen LogP contribution in [0.25, 0.3) is 38.8 Å². The lowest BCUT2D eigenvalue weighted by atomic mass is 9.90. The van der Waals surface area contributed by atoms with Crippen LogP contribution < -0.4 is 9.30 Å². The highest BCUT2D eigenvalue weighted by atomic mass is 16.5. The molecule has 0 spiro atoms. The molecule has 0 aliphatic heterocycles. The summed E-state index contributed by atoms with van der Waals surface area (Å²) in [4.78, 5) is 0. The largest absolute Gasteiger partial charge is 0.497 e. The summed E-state index contributed by atoms with van der Waals surface area (Å²) in [7, 11) is 1.71. The molecule has 162 valence electrons. The lowest BCUT2D eigenvalue weighted by Gasteiger charge is -2.17. The fraction of sp³-hybridized carbons (Fsp3) is 0.129. The van der Waals surface area contributed by atoms with Crippen molar-refractivity contribution in [2.45, 2.75) is 20.8 Å². The number of pyridine rings is 1. The number of rotatable bonds is 4. The SMILES string of the molecule is COc1ccc(-[n+]2c(-c3ccccc3)c(-c3ccccc3)c3cc(C)c(C)cc3c2C)cc1. The van der Waals surface area contributed by atoms with Gasteiger partial charge in [0.2, 0.25) is 11.4 Å². The van der Waals surface area contributed by atoms with Crippen molar-refractivity contribution in [1.82, 2.24) is 0 Å². The van der Waals surface area contributed by atoms with E-state index in [2.05, 4.69) is 110 Å². The summed E-state index contributed by atoms with van der Waals surface area (Å²) < 4.78 is 7.83. The standard InChI is InChI=1S/C31H28NO/c1-21-19-28-23(3)32(26-15-17-27(33-4)18-16-26)31(25-13-9-6-10-14-25)30(29(28)20-22(21)2)24-11-7-5-8-12-24/h5-20H,1-4H3/q+1. The maximum Gasteiger partial charge on any atom is 0.227 e. The summed E-state index contributed by atoms with van der Waals surface area (Å²) in [6.45, 7) is 6.62. The fourth-order valence-electron chi connectivity index (χ4n) is 4.67. The second-order valence-electron chi connectivity index (χ2n) is 8.56. The molecule has 1 heterocycles. The van der Waals surface area contributed by atoms with Gasteiger partial charge in [0.05, 0.1) is 18.1 Å². The van der Waals surface area contributed by atoms with Crippen LogP contribution in [-0.2, 0) is 0 Å². The lowest BCUT2D eigenvalue weighted by molar-refractivity contribution is -0.588. The Balaban J connectivity index is 2.00. The zero-order valence-electron chi connectivity index (χ0n) is 19.6. The van der Waals surface area contributed by atoms with Gasteiger partial charge >= 0.3 is 0 Å². The van der Waals surface area contributed by atoms with Gasteiger partial charge in [-0.3, -0.25) is 0 Å². The number of aryl methyl sites for hydroxylation is 3. The number of methoxy groups -OCH3 is 1. The number of nitrogens with zero attached hydrogens (tertiary/aromatic N) is 1. The van der Waals surface area contributed by atoms with E-state index in [0.29, 0.717) is 0 Å². The van der Waals surface area contributed by atoms with Crippen molar-refractivity contribution in [3.05, 3.63) is 114 Å². The molecule has 0 bridgehead atoms. The molecule has 2 nitrogen and oxygen atoms in total. The van der Waals surface area contributed by atoms with Crippen molar-refractivity contribution in [3.63, 3.8) is 0 Å². The molecular weight excluding hydrogens is 402 g/mol. The third kappa shape index (κ3) is 3.68. The molecule has 0 saturated heterocycles. The van der Waals surface area contributed by atoms with Crippen molar-refractivity contribution in [1.29, 1.82) is 0 Å². The number of hydrogen-bond donors (Lipinski definition) is 0. The molecule has 0 aliphatic carbocycles. The van der Waals surface area contributed by atoms with E-state index in [1.807, 2.05) is 12.1 Å². The zero-order chi connectivity index (χ0) is 22.9. The van der Waals surface area contributed by atoms with Crippen molar-refractivity contribution < 1.29 is 9.30 Å². The molecule has 4 aromatic carbocycles. The Morgan fingerprint density at radius 3 is 1.73 bits per heavy atom. The molecule has 0 fully saturated rings. The van der Waals surface area contributed by atoms with Crippen LogP contribution in [0, 0.1) is 20.8 Å². The van der Waals surface area contributed by atoms with Gasteiger partial charge in [0.1, 0.15) is 5.75 Å². The first-order valence-corrected chi connectivity index (χ1v) is 11.3. The predicted molar refractivity (Wildman–Crippen MR) is 137 cm³/mol. The van der Waals surface area contributed by atoms with Crippen molar-refractivity contribution in [2.75, 3.05) is 7.11 Å². The van der Waals surface area contributed by atoms with Crippen LogP contribution in [0.5, 0.6) is 5.75 Å². The minimum atomic E-state index is 0.855. The van der Waals surface area contributed by atoms with Crippen LogP contribution in [0.2, 0.25) is 0 Å². The Morgan fingerprint density at radius 2 is 1.15 bits per heavy atom. The minimum absolute atomic E-state index is 0.855. The third-order valence-corrected chi connectivity index (χ3v) is 6.53. The van der Waals surface area contributed by atoms with Gasteiger partial charge in [-0.25, -0.2) is 0 Å². The van der Waals surface area contributed by atoms with Crippen LogP contribution in [0.3, 0.4) is 0 Å². The summed E-state index contributed by atoms with van der Waals surface area (Å²) in [6.07, 6.45) is 0. The normalized spacial score (nSPS) is 11.0. The Hall–Kier alpha value is -3.91. The van der Waals surface area contributed by atoms with Gasteiger partial charge in [-0.05, 0) is 60.9 Å². The third-order valence-electron chi connectivity index (χ3n) is 6.53. The van der Waals surface area contributed by atoms with E-state index >= 15 is 0 Å². The van der Waals surface area contributed by atoms with Crippen LogP contribution in [0.1, 0.15) is 16.8 Å². The van der Waals surface area contributed by atoms with Crippen LogP contribution in [0.4, 0.5) is 0 Å². The van der Waals surface area contributed by atoms with E-state index < -0.39 is 0 Å². The van der Waals surface area contributed by atoms with Gasteiger partial charge in [-0.15, -0.1) is 0 Å². The zero-order valence-corrected chi connectivity index (χ0v) is 19.6. The maximum absolute atomic E-state index is 5.43. The molecule has 0 atom stereocenters. The molecule has 0 N–H and O–H groups in total. The van der Waals surface area contributed by atoms with Gasteiger partial charge in [-0.1, -0.05) is 54.6 Å². The van der Waals surface area contributed by atoms with Crippen molar-refractivity contribution in [2.24, 2.45) is 0 Å². The van der Waals surface area contributed by atoms with E-state index in [4.69, 9.17) is 4.74 Å². The Morgan fingerprint density at radius 1 is 0.606 bits per heavy atom. The van der Waals surface area contributed by atoms with E-state index in [1.54, 1.807) is 7.11 Å². The average molecular weight is 431 g/mol. The second kappa shape index (κ2) is 8.55. The molecule has 33 heavy (non-hydrogen) atoms. The minimum Gasteiger partial charge on any atom is -0.497 e. The Labute approximate surface area is 195 Å². The second-order valence-corrected chi connectivity index (χ2v) is 8.56. The van der Waals surface area contributed by atoms with E-state index in [1.165, 1.54) is 50.0 Å².